The van der Waals surface area contributed by atoms with Crippen LogP contribution in [0.15, 0.2) is 51.8 Å². The van der Waals surface area contributed by atoms with Gasteiger partial charge in [0.1, 0.15) is 0 Å². The number of carbonyl (C=O) groups is 2. The number of aromatic nitrogens is 1. The maximum Gasteiger partial charge on any atom is 0.409 e. The number of halogens is 2. The lowest BCUT2D eigenvalue weighted by atomic mass is 10.2. The summed E-state index contributed by atoms with van der Waals surface area (Å²) in [4.78, 5) is 35.6. The molecule has 2 saturated heterocycles. The minimum Gasteiger partial charge on any atom is -0.450 e. The van der Waals surface area contributed by atoms with Crippen LogP contribution in [0.4, 0.5) is 9.93 Å². The minimum absolute atomic E-state index is 0. The molecule has 2 fully saturated rings. The van der Waals surface area contributed by atoms with Crippen LogP contribution >= 0.6 is 39.7 Å². The van der Waals surface area contributed by atoms with E-state index in [1.165, 1.54) is 38.2 Å². The molecular formula is C27H34BrClN6O5S2. The molecule has 0 spiro atoms. The van der Waals surface area contributed by atoms with Crippen LogP contribution in [0.1, 0.15) is 17.3 Å². The maximum atomic E-state index is 13.1. The van der Waals surface area contributed by atoms with Gasteiger partial charge in [-0.2, -0.15) is 4.31 Å². The number of nitrogens with zero attached hydrogens (tertiary/aromatic N) is 5. The summed E-state index contributed by atoms with van der Waals surface area (Å²) in [7, 11) is -3.73. The molecule has 1 N–H and O–H groups in total. The van der Waals surface area contributed by atoms with Gasteiger partial charge in [0.25, 0.3) is 5.91 Å². The van der Waals surface area contributed by atoms with Crippen LogP contribution in [0.25, 0.3) is 10.2 Å². The Hall–Kier alpha value is -2.49. The maximum absolute atomic E-state index is 13.1. The first-order valence-corrected chi connectivity index (χ1v) is 16.6. The second-order valence-electron chi connectivity index (χ2n) is 9.81. The molecule has 2 aliphatic heterocycles. The molecule has 0 unspecified atom stereocenters. The highest BCUT2D eigenvalue weighted by molar-refractivity contribution is 9.10. The Kier molecular flexibility index (Phi) is 11.1. The molecule has 3 aromatic rings. The molecule has 5 rings (SSSR count). The molecule has 0 saturated carbocycles. The molecule has 15 heteroatoms. The molecule has 2 aromatic carbocycles. The summed E-state index contributed by atoms with van der Waals surface area (Å²) in [5, 5.41) is 3.98. The smallest absolute Gasteiger partial charge is 0.409 e. The van der Waals surface area contributed by atoms with E-state index in [1.807, 2.05) is 12.1 Å². The highest BCUT2D eigenvalue weighted by Gasteiger charge is 2.30. The van der Waals surface area contributed by atoms with Crippen molar-refractivity contribution in [2.75, 3.05) is 77.0 Å². The first-order chi connectivity index (χ1) is 19.7. The SMILES string of the molecule is CCOC(=O)N1CCN(S(=O)(=O)c2ccc(C(=O)NCCN3CCN(c4nc5ccc(Br)cc5s4)CC3)cc2)CC1.Cl. The van der Waals surface area contributed by atoms with E-state index in [1.54, 1.807) is 18.3 Å². The molecule has 1 aromatic heterocycles. The summed E-state index contributed by atoms with van der Waals surface area (Å²) in [6.07, 6.45) is -0.430. The van der Waals surface area contributed by atoms with E-state index >= 15 is 0 Å². The Morgan fingerprint density at radius 2 is 1.69 bits per heavy atom. The topological polar surface area (TPSA) is 115 Å². The van der Waals surface area contributed by atoms with E-state index < -0.39 is 16.1 Å². The van der Waals surface area contributed by atoms with Crippen molar-refractivity contribution >= 4 is 77.0 Å². The van der Waals surface area contributed by atoms with E-state index in [0.717, 1.165) is 47.8 Å². The van der Waals surface area contributed by atoms with Crippen molar-refractivity contribution in [2.45, 2.75) is 11.8 Å². The lowest BCUT2D eigenvalue weighted by Gasteiger charge is -2.34. The van der Waals surface area contributed by atoms with Gasteiger partial charge in [-0.05, 0) is 49.4 Å². The normalized spacial score (nSPS) is 16.7. The second kappa shape index (κ2) is 14.3. The predicted molar refractivity (Wildman–Crippen MR) is 169 cm³/mol. The molecular weight excluding hydrogens is 668 g/mol. The van der Waals surface area contributed by atoms with Crippen LogP contribution in [0.3, 0.4) is 0 Å². The molecule has 42 heavy (non-hydrogen) atoms. The fraction of sp³-hybridized carbons (Fsp3) is 0.444. The zero-order valence-electron chi connectivity index (χ0n) is 23.2. The van der Waals surface area contributed by atoms with Crippen molar-refractivity contribution in [3.8, 4) is 0 Å². The molecule has 0 aliphatic carbocycles. The summed E-state index contributed by atoms with van der Waals surface area (Å²) < 4.78 is 34.7. The van der Waals surface area contributed by atoms with Crippen LogP contribution in [0.2, 0.25) is 0 Å². The number of benzene rings is 2. The quantitative estimate of drug-likeness (QED) is 0.380. The number of carbonyl (C=O) groups excluding carboxylic acids is 2. The van der Waals surface area contributed by atoms with E-state index in [-0.39, 0.29) is 56.0 Å². The third-order valence-electron chi connectivity index (χ3n) is 7.21. The highest BCUT2D eigenvalue weighted by Crippen LogP contribution is 2.31. The van der Waals surface area contributed by atoms with E-state index in [4.69, 9.17) is 9.72 Å². The van der Waals surface area contributed by atoms with Gasteiger partial charge in [-0.25, -0.2) is 18.2 Å². The largest absolute Gasteiger partial charge is 0.450 e. The fourth-order valence-electron chi connectivity index (χ4n) is 4.87. The Balaban J connectivity index is 0.00000405. The van der Waals surface area contributed by atoms with Gasteiger partial charge in [-0.1, -0.05) is 27.3 Å². The summed E-state index contributed by atoms with van der Waals surface area (Å²) in [6, 6.07) is 12.1. The van der Waals surface area contributed by atoms with Gasteiger partial charge in [0.2, 0.25) is 10.0 Å². The summed E-state index contributed by atoms with van der Waals surface area (Å²) in [6.45, 7) is 7.69. The van der Waals surface area contributed by atoms with Gasteiger partial charge in [0.15, 0.2) is 5.13 Å². The van der Waals surface area contributed by atoms with Gasteiger partial charge in [-0.3, -0.25) is 9.69 Å². The van der Waals surface area contributed by atoms with Crippen LogP contribution in [-0.4, -0.2) is 112 Å². The van der Waals surface area contributed by atoms with Gasteiger partial charge >= 0.3 is 6.09 Å². The number of anilines is 1. The molecule has 0 atom stereocenters. The zero-order chi connectivity index (χ0) is 29.0. The fourth-order valence-corrected chi connectivity index (χ4v) is 7.86. The van der Waals surface area contributed by atoms with Crippen molar-refractivity contribution in [3.63, 3.8) is 0 Å². The molecule has 3 heterocycles. The lowest BCUT2D eigenvalue weighted by Crippen LogP contribution is -2.50. The molecule has 0 bridgehead atoms. The summed E-state index contributed by atoms with van der Waals surface area (Å²) >= 11 is 5.22. The number of sulfonamides is 1. The number of nitrogens with one attached hydrogen (secondary N) is 1. The molecule has 0 radical (unpaired) electrons. The number of hydrogen-bond acceptors (Lipinski definition) is 9. The van der Waals surface area contributed by atoms with Crippen LogP contribution in [-0.2, 0) is 14.8 Å². The average Bonchev–Trinajstić information content (AvgIpc) is 3.41. The summed E-state index contributed by atoms with van der Waals surface area (Å²) in [5.41, 5.74) is 1.42. The zero-order valence-corrected chi connectivity index (χ0v) is 27.2. The molecule has 2 aliphatic rings. The van der Waals surface area contributed by atoms with Crippen molar-refractivity contribution in [1.29, 1.82) is 0 Å². The number of ether oxygens (including phenoxy) is 1. The Morgan fingerprint density at radius 3 is 2.36 bits per heavy atom. The average molecular weight is 702 g/mol. The predicted octanol–water partition coefficient (Wildman–Crippen LogP) is 3.50. The van der Waals surface area contributed by atoms with E-state index in [2.05, 4.69) is 37.1 Å². The van der Waals surface area contributed by atoms with Crippen molar-refractivity contribution in [2.24, 2.45) is 0 Å². The summed E-state index contributed by atoms with van der Waals surface area (Å²) in [5.74, 6) is -0.240. The third kappa shape index (κ3) is 7.53. The third-order valence-corrected chi connectivity index (χ3v) is 10.7. The Labute approximate surface area is 264 Å². The number of amides is 2. The Morgan fingerprint density at radius 1 is 1.00 bits per heavy atom. The first-order valence-electron chi connectivity index (χ1n) is 13.6. The van der Waals surface area contributed by atoms with Crippen molar-refractivity contribution in [3.05, 3.63) is 52.5 Å². The number of thiazole rings is 1. The highest BCUT2D eigenvalue weighted by atomic mass is 79.9. The van der Waals surface area contributed by atoms with Gasteiger partial charge < -0.3 is 19.9 Å². The molecule has 228 valence electrons. The van der Waals surface area contributed by atoms with Gasteiger partial charge in [-0.15, -0.1) is 12.4 Å². The minimum atomic E-state index is -3.73. The monoisotopic (exact) mass is 700 g/mol. The molecule has 11 nitrogen and oxygen atoms in total. The van der Waals surface area contributed by atoms with Crippen LogP contribution in [0.5, 0.6) is 0 Å². The lowest BCUT2D eigenvalue weighted by molar-refractivity contribution is 0.0932. The van der Waals surface area contributed by atoms with Crippen LogP contribution in [0, 0.1) is 0 Å². The van der Waals surface area contributed by atoms with Gasteiger partial charge in [0.05, 0.1) is 21.7 Å². The number of rotatable bonds is 8. The first kappa shape index (κ1) is 32.4. The standard InChI is InChI=1S/C27H33BrN6O5S2.ClH/c1-2-39-27(36)33-15-17-34(18-16-33)41(37,38)22-6-3-20(4-7-22)25(35)29-9-10-31-11-13-32(14-12-31)26-30-23-8-5-21(28)19-24(23)40-26;/h3-8,19H,2,9-18H2,1H3,(H,29,35);1H. The number of fused-ring (bicyclic) bond motifs is 1. The van der Waals surface area contributed by atoms with Crippen molar-refractivity contribution in [1.82, 2.24) is 24.4 Å². The van der Waals surface area contributed by atoms with E-state index in [0.29, 0.717) is 12.1 Å². The second-order valence-corrected chi connectivity index (χ2v) is 13.7. The number of piperazine rings is 2. The van der Waals surface area contributed by atoms with E-state index in [9.17, 15) is 18.0 Å². The van der Waals surface area contributed by atoms with Gasteiger partial charge in [0, 0.05) is 75.5 Å². The van der Waals surface area contributed by atoms with Crippen molar-refractivity contribution < 1.29 is 22.7 Å². The van der Waals surface area contributed by atoms with Crippen LogP contribution < -0.4 is 10.2 Å². The Bertz CT molecular complexity index is 1490. The number of hydrogen-bond donors (Lipinski definition) is 1. The molecule has 2 amide bonds.